The largest absolute Gasteiger partial charge is 0.480 e. The molecule has 5 heteroatoms. The van der Waals surface area contributed by atoms with E-state index in [0.717, 1.165) is 24.6 Å². The van der Waals surface area contributed by atoms with E-state index in [2.05, 4.69) is 0 Å². The number of benzene rings is 1. The smallest absolute Gasteiger partial charge is 0.325 e. The molecule has 1 saturated heterocycles. The van der Waals surface area contributed by atoms with Crippen LogP contribution in [0.15, 0.2) is 24.3 Å². The van der Waals surface area contributed by atoms with Crippen molar-refractivity contribution >= 4 is 17.7 Å². The molecule has 1 aliphatic heterocycles. The third kappa shape index (κ3) is 2.98. The Labute approximate surface area is 104 Å². The minimum absolute atomic E-state index is 0.341. The maximum atomic E-state index is 12.8. The predicted octanol–water partition coefficient (Wildman–Crippen LogP) is 2.00. The monoisotopic (exact) mass is 255 g/mol. The zero-order valence-corrected chi connectivity index (χ0v) is 10.1. The van der Waals surface area contributed by atoms with Crippen molar-refractivity contribution in [2.24, 2.45) is 0 Å². The number of carboxylic acid groups (broad SMARTS) is 1. The van der Waals surface area contributed by atoms with Gasteiger partial charge in [-0.25, -0.2) is 4.39 Å². The van der Waals surface area contributed by atoms with E-state index in [0.29, 0.717) is 5.56 Å². The molecule has 0 saturated carbocycles. The Bertz CT molecular complexity index is 390. The van der Waals surface area contributed by atoms with E-state index < -0.39 is 12.0 Å². The van der Waals surface area contributed by atoms with Gasteiger partial charge in [-0.3, -0.25) is 9.69 Å². The molecule has 1 unspecified atom stereocenters. The highest BCUT2D eigenvalue weighted by Gasteiger charge is 2.28. The standard InChI is InChI=1S/C12H14FNO2S/c13-10-3-1-9(2-4-10)11(12(15)16)14-5-7-17-8-6-14/h1-4,11H,5-8H2,(H,15,16). The molecule has 1 aromatic carbocycles. The summed E-state index contributed by atoms with van der Waals surface area (Å²) in [5.74, 6) is 0.686. The minimum atomic E-state index is -0.872. The molecular formula is C12H14FNO2S. The molecule has 1 atom stereocenters. The zero-order chi connectivity index (χ0) is 12.3. The van der Waals surface area contributed by atoms with Crippen LogP contribution in [0, 0.1) is 5.82 Å². The van der Waals surface area contributed by atoms with Crippen molar-refractivity contribution in [3.8, 4) is 0 Å². The van der Waals surface area contributed by atoms with Crippen LogP contribution in [0.1, 0.15) is 11.6 Å². The van der Waals surface area contributed by atoms with Crippen molar-refractivity contribution in [3.63, 3.8) is 0 Å². The summed E-state index contributed by atoms with van der Waals surface area (Å²) in [6.07, 6.45) is 0. The number of thioether (sulfide) groups is 1. The molecule has 1 heterocycles. The highest BCUT2D eigenvalue weighted by Crippen LogP contribution is 2.24. The molecule has 0 amide bonds. The van der Waals surface area contributed by atoms with Crippen LogP contribution in [0.3, 0.4) is 0 Å². The van der Waals surface area contributed by atoms with E-state index in [1.807, 2.05) is 16.7 Å². The average Bonchev–Trinajstić information content (AvgIpc) is 2.33. The zero-order valence-electron chi connectivity index (χ0n) is 9.30. The number of aliphatic carboxylic acids is 1. The van der Waals surface area contributed by atoms with Crippen LogP contribution < -0.4 is 0 Å². The number of carbonyl (C=O) groups is 1. The SMILES string of the molecule is O=C(O)C(c1ccc(F)cc1)N1CCSCC1. The summed E-state index contributed by atoms with van der Waals surface area (Å²) in [7, 11) is 0. The highest BCUT2D eigenvalue weighted by atomic mass is 32.2. The van der Waals surface area contributed by atoms with Crippen molar-refractivity contribution in [1.82, 2.24) is 4.90 Å². The van der Waals surface area contributed by atoms with E-state index in [4.69, 9.17) is 0 Å². The molecule has 3 nitrogen and oxygen atoms in total. The van der Waals surface area contributed by atoms with E-state index >= 15 is 0 Å². The van der Waals surface area contributed by atoms with Gasteiger partial charge in [0.15, 0.2) is 0 Å². The molecule has 0 radical (unpaired) electrons. The van der Waals surface area contributed by atoms with E-state index in [-0.39, 0.29) is 5.82 Å². The first-order valence-corrected chi connectivity index (χ1v) is 6.64. The van der Waals surface area contributed by atoms with Crippen molar-refractivity contribution < 1.29 is 14.3 Å². The van der Waals surface area contributed by atoms with Gasteiger partial charge in [0.1, 0.15) is 11.9 Å². The Morgan fingerprint density at radius 2 is 1.88 bits per heavy atom. The van der Waals surface area contributed by atoms with E-state index in [9.17, 15) is 14.3 Å². The van der Waals surface area contributed by atoms with Gasteiger partial charge in [0.05, 0.1) is 0 Å². The van der Waals surface area contributed by atoms with E-state index in [1.54, 1.807) is 12.1 Å². The molecular weight excluding hydrogens is 241 g/mol. The molecule has 0 aromatic heterocycles. The third-order valence-corrected chi connectivity index (χ3v) is 3.77. The summed E-state index contributed by atoms with van der Waals surface area (Å²) in [6, 6.07) is 5.07. The molecule has 1 N–H and O–H groups in total. The lowest BCUT2D eigenvalue weighted by Crippen LogP contribution is -2.39. The van der Waals surface area contributed by atoms with Crippen molar-refractivity contribution in [2.75, 3.05) is 24.6 Å². The van der Waals surface area contributed by atoms with Gasteiger partial charge in [0.2, 0.25) is 0 Å². The maximum Gasteiger partial charge on any atom is 0.325 e. The van der Waals surface area contributed by atoms with Gasteiger partial charge in [-0.05, 0) is 17.7 Å². The molecule has 17 heavy (non-hydrogen) atoms. The Balaban J connectivity index is 2.21. The first-order valence-electron chi connectivity index (χ1n) is 5.48. The summed E-state index contributed by atoms with van der Waals surface area (Å²) < 4.78 is 12.8. The average molecular weight is 255 g/mol. The van der Waals surface area contributed by atoms with Crippen molar-refractivity contribution in [1.29, 1.82) is 0 Å². The van der Waals surface area contributed by atoms with E-state index in [1.165, 1.54) is 12.1 Å². The molecule has 1 fully saturated rings. The van der Waals surface area contributed by atoms with Crippen molar-refractivity contribution in [2.45, 2.75) is 6.04 Å². The van der Waals surface area contributed by atoms with Gasteiger partial charge in [-0.2, -0.15) is 11.8 Å². The Morgan fingerprint density at radius 1 is 1.29 bits per heavy atom. The van der Waals surface area contributed by atoms with Crippen LogP contribution in [0.25, 0.3) is 0 Å². The first-order chi connectivity index (χ1) is 8.18. The number of hydrogen-bond acceptors (Lipinski definition) is 3. The summed E-state index contributed by atoms with van der Waals surface area (Å²) >= 11 is 1.83. The molecule has 92 valence electrons. The van der Waals surface area contributed by atoms with Crippen LogP contribution in [0.5, 0.6) is 0 Å². The maximum absolute atomic E-state index is 12.8. The molecule has 0 bridgehead atoms. The summed E-state index contributed by atoms with van der Waals surface area (Å²) in [4.78, 5) is 13.3. The number of carboxylic acids is 1. The minimum Gasteiger partial charge on any atom is -0.480 e. The molecule has 1 aromatic rings. The summed E-state index contributed by atoms with van der Waals surface area (Å²) in [5, 5.41) is 9.31. The van der Waals surface area contributed by atoms with Gasteiger partial charge in [-0.15, -0.1) is 0 Å². The number of hydrogen-bond donors (Lipinski definition) is 1. The highest BCUT2D eigenvalue weighted by molar-refractivity contribution is 7.99. The van der Waals surface area contributed by atoms with Crippen LogP contribution in [0.2, 0.25) is 0 Å². The topological polar surface area (TPSA) is 40.5 Å². The van der Waals surface area contributed by atoms with Gasteiger partial charge in [0.25, 0.3) is 0 Å². The van der Waals surface area contributed by atoms with Gasteiger partial charge < -0.3 is 5.11 Å². The lowest BCUT2D eigenvalue weighted by molar-refractivity contribution is -0.143. The fourth-order valence-electron chi connectivity index (χ4n) is 1.99. The Kier molecular flexibility index (Phi) is 4.02. The second-order valence-corrected chi connectivity index (χ2v) is 5.17. The lowest BCUT2D eigenvalue weighted by atomic mass is 10.1. The Hall–Kier alpha value is -1.07. The summed E-state index contributed by atoms with van der Waals surface area (Å²) in [6.45, 7) is 1.53. The van der Waals surface area contributed by atoms with Crippen molar-refractivity contribution in [3.05, 3.63) is 35.6 Å². The second-order valence-electron chi connectivity index (χ2n) is 3.94. The number of nitrogens with zero attached hydrogens (tertiary/aromatic N) is 1. The van der Waals surface area contributed by atoms with Crippen LogP contribution in [-0.2, 0) is 4.79 Å². The normalized spacial score (nSPS) is 18.9. The van der Waals surface area contributed by atoms with Gasteiger partial charge in [0, 0.05) is 24.6 Å². The molecule has 0 spiro atoms. The number of halogens is 1. The second kappa shape index (κ2) is 5.51. The van der Waals surface area contributed by atoms with Crippen LogP contribution in [-0.4, -0.2) is 40.6 Å². The van der Waals surface area contributed by atoms with Crippen LogP contribution in [0.4, 0.5) is 4.39 Å². The van der Waals surface area contributed by atoms with Gasteiger partial charge >= 0.3 is 5.97 Å². The first kappa shape index (κ1) is 12.4. The lowest BCUT2D eigenvalue weighted by Gasteiger charge is -2.31. The fourth-order valence-corrected chi connectivity index (χ4v) is 2.92. The summed E-state index contributed by atoms with van der Waals surface area (Å²) in [5.41, 5.74) is 0.644. The molecule has 1 aliphatic rings. The van der Waals surface area contributed by atoms with Gasteiger partial charge in [-0.1, -0.05) is 12.1 Å². The number of rotatable bonds is 3. The Morgan fingerprint density at radius 3 is 2.41 bits per heavy atom. The predicted molar refractivity (Wildman–Crippen MR) is 65.7 cm³/mol. The molecule has 0 aliphatic carbocycles. The quantitative estimate of drug-likeness (QED) is 0.897. The fraction of sp³-hybridized carbons (Fsp3) is 0.417. The molecule has 2 rings (SSSR count). The van der Waals surface area contributed by atoms with Crippen LogP contribution >= 0.6 is 11.8 Å². The third-order valence-electron chi connectivity index (χ3n) is 2.83.